The van der Waals surface area contributed by atoms with Crippen LogP contribution in [-0.4, -0.2) is 32.7 Å². The van der Waals surface area contributed by atoms with Gasteiger partial charge in [0.25, 0.3) is 0 Å². The molecule has 8 N–H and O–H groups in total. The minimum atomic E-state index is 0. The van der Waals surface area contributed by atoms with Crippen molar-refractivity contribution < 1.29 is 4.57 Å². The van der Waals surface area contributed by atoms with Gasteiger partial charge in [-0.05, 0) is 36.4 Å². The molecule has 0 radical (unpaired) electrons. The number of hydrogen-bond donors (Lipinski definition) is 5. The minimum absolute atomic E-state index is 0. The van der Waals surface area contributed by atoms with Crippen LogP contribution in [-0.2, 0) is 6.54 Å². The van der Waals surface area contributed by atoms with Gasteiger partial charge in [-0.15, -0.1) is 12.4 Å². The molecule has 4 rings (SSSR count). The van der Waals surface area contributed by atoms with Crippen LogP contribution in [0.15, 0.2) is 66.7 Å². The highest BCUT2D eigenvalue weighted by Gasteiger charge is 2.23. The van der Waals surface area contributed by atoms with E-state index in [-0.39, 0.29) is 12.4 Å². The first-order valence-corrected chi connectivity index (χ1v) is 11.3. The number of nitrogens with one attached hydrogen (secondary N) is 2. The fourth-order valence-corrected chi connectivity index (χ4v) is 4.29. The highest BCUT2D eigenvalue weighted by Crippen LogP contribution is 2.33. The Morgan fingerprint density at radius 3 is 2.09 bits per heavy atom. The van der Waals surface area contributed by atoms with Gasteiger partial charge in [-0.3, -0.25) is 0 Å². The van der Waals surface area contributed by atoms with Gasteiger partial charge in [0.1, 0.15) is 0 Å². The normalized spacial score (nSPS) is 11.1. The molecule has 0 amide bonds. The summed E-state index contributed by atoms with van der Waals surface area (Å²) in [4.78, 5) is 0. The first-order valence-electron chi connectivity index (χ1n) is 11.3. The second kappa shape index (κ2) is 11.8. The standard InChI is InChI=1S/C26H32N6.ClH/c27-11-13-31-15-14-30-12-4-16-32-25-18-21(29)8-10-23(25)22-9-7-20(28)17-24(22)26(32)19-5-2-1-3-6-19;/h1-3,5-10,17-18,29-31H,4,11-16,27-28H2;1H/p+1. The zero-order chi connectivity index (χ0) is 22.3. The molecular weight excluding hydrogens is 432 g/mol. The summed E-state index contributed by atoms with van der Waals surface area (Å²) in [7, 11) is 0. The molecule has 0 bridgehead atoms. The molecule has 7 heteroatoms. The Hall–Kier alpha value is -2.90. The molecule has 174 valence electrons. The number of nitrogen functional groups attached to an aromatic ring is 2. The second-order valence-electron chi connectivity index (χ2n) is 8.09. The summed E-state index contributed by atoms with van der Waals surface area (Å²) in [5, 5.41) is 10.4. The lowest BCUT2D eigenvalue weighted by molar-refractivity contribution is -0.659. The van der Waals surface area contributed by atoms with Gasteiger partial charge in [0, 0.05) is 67.5 Å². The van der Waals surface area contributed by atoms with Crippen LogP contribution >= 0.6 is 12.4 Å². The number of halogens is 1. The van der Waals surface area contributed by atoms with E-state index in [0.29, 0.717) is 6.54 Å². The van der Waals surface area contributed by atoms with E-state index in [1.807, 2.05) is 18.2 Å². The number of aryl methyl sites for hydroxylation is 1. The molecule has 0 fully saturated rings. The maximum Gasteiger partial charge on any atom is 0.220 e. The summed E-state index contributed by atoms with van der Waals surface area (Å²) in [6.07, 6.45) is 0.999. The number of rotatable bonds is 10. The molecule has 0 atom stereocenters. The number of pyridine rings is 1. The molecule has 0 aliphatic heterocycles. The van der Waals surface area contributed by atoms with Crippen LogP contribution in [0.4, 0.5) is 11.4 Å². The van der Waals surface area contributed by atoms with Crippen molar-refractivity contribution >= 4 is 45.5 Å². The summed E-state index contributed by atoms with van der Waals surface area (Å²) in [5.41, 5.74) is 23.0. The Kier molecular flexibility index (Phi) is 8.86. The van der Waals surface area contributed by atoms with Gasteiger partial charge in [-0.25, -0.2) is 0 Å². The molecule has 4 aromatic rings. The van der Waals surface area contributed by atoms with Crippen LogP contribution in [0.1, 0.15) is 6.42 Å². The Morgan fingerprint density at radius 2 is 1.36 bits per heavy atom. The molecule has 0 saturated carbocycles. The highest BCUT2D eigenvalue weighted by molar-refractivity contribution is 6.10. The van der Waals surface area contributed by atoms with E-state index in [2.05, 4.69) is 63.7 Å². The molecule has 3 aromatic carbocycles. The third-order valence-corrected chi connectivity index (χ3v) is 5.75. The highest BCUT2D eigenvalue weighted by atomic mass is 35.5. The Balaban J connectivity index is 0.00000306. The minimum Gasteiger partial charge on any atom is -0.399 e. The van der Waals surface area contributed by atoms with Crippen molar-refractivity contribution in [2.75, 3.05) is 44.2 Å². The van der Waals surface area contributed by atoms with Gasteiger partial charge < -0.3 is 27.8 Å². The topological polar surface area (TPSA) is 106 Å². The first kappa shape index (κ1) is 24.7. The SMILES string of the molecule is Cl.NCCNCCNCCC[n+]1c(-c2ccccc2)c2cc(N)ccc2c2ccc(N)cc21. The van der Waals surface area contributed by atoms with E-state index in [1.165, 1.54) is 22.0 Å². The molecule has 1 aromatic heterocycles. The zero-order valence-electron chi connectivity index (χ0n) is 18.9. The Bertz CT molecular complexity index is 1200. The lowest BCUT2D eigenvalue weighted by Crippen LogP contribution is -2.39. The van der Waals surface area contributed by atoms with Crippen molar-refractivity contribution in [3.8, 4) is 11.3 Å². The van der Waals surface area contributed by atoms with Crippen LogP contribution in [0.5, 0.6) is 0 Å². The molecule has 0 aliphatic carbocycles. The third-order valence-electron chi connectivity index (χ3n) is 5.75. The number of fused-ring (bicyclic) bond motifs is 3. The van der Waals surface area contributed by atoms with Gasteiger partial charge in [0.15, 0.2) is 6.54 Å². The van der Waals surface area contributed by atoms with E-state index in [9.17, 15) is 0 Å². The lowest BCUT2D eigenvalue weighted by Gasteiger charge is -2.13. The maximum atomic E-state index is 6.23. The number of nitrogens with zero attached hydrogens (tertiary/aromatic N) is 1. The Morgan fingerprint density at radius 1 is 0.697 bits per heavy atom. The van der Waals surface area contributed by atoms with Crippen LogP contribution in [0.3, 0.4) is 0 Å². The lowest BCUT2D eigenvalue weighted by atomic mass is 9.98. The average Bonchev–Trinajstić information content (AvgIpc) is 2.81. The zero-order valence-corrected chi connectivity index (χ0v) is 19.7. The Labute approximate surface area is 201 Å². The quantitative estimate of drug-likeness (QED) is 0.107. The largest absolute Gasteiger partial charge is 0.399 e. The van der Waals surface area contributed by atoms with Crippen LogP contribution in [0.25, 0.3) is 32.9 Å². The number of nitrogens with two attached hydrogens (primary N) is 3. The van der Waals surface area contributed by atoms with Gasteiger partial charge >= 0.3 is 0 Å². The van der Waals surface area contributed by atoms with Gasteiger partial charge in [-0.1, -0.05) is 24.3 Å². The third kappa shape index (κ3) is 5.72. The molecule has 0 unspecified atom stereocenters. The van der Waals surface area contributed by atoms with E-state index in [0.717, 1.165) is 61.4 Å². The van der Waals surface area contributed by atoms with Gasteiger partial charge in [0.05, 0.1) is 10.8 Å². The fourth-order valence-electron chi connectivity index (χ4n) is 4.29. The number of hydrogen-bond acceptors (Lipinski definition) is 5. The van der Waals surface area contributed by atoms with Crippen LogP contribution in [0.2, 0.25) is 0 Å². The van der Waals surface area contributed by atoms with Crippen LogP contribution in [0, 0.1) is 0 Å². The predicted octanol–water partition coefficient (Wildman–Crippen LogP) is 3.06. The molecule has 0 saturated heterocycles. The second-order valence-corrected chi connectivity index (χ2v) is 8.09. The molecule has 6 nitrogen and oxygen atoms in total. The predicted molar refractivity (Wildman–Crippen MR) is 143 cm³/mol. The number of benzene rings is 3. The van der Waals surface area contributed by atoms with Crippen molar-refractivity contribution in [3.05, 3.63) is 66.7 Å². The number of aromatic nitrogens is 1. The summed E-state index contributed by atoms with van der Waals surface area (Å²) in [5.74, 6) is 0. The summed E-state index contributed by atoms with van der Waals surface area (Å²) in [6.45, 7) is 5.18. The summed E-state index contributed by atoms with van der Waals surface area (Å²) in [6, 6.07) is 22.9. The average molecular weight is 466 g/mol. The van der Waals surface area contributed by atoms with E-state index >= 15 is 0 Å². The van der Waals surface area contributed by atoms with E-state index < -0.39 is 0 Å². The van der Waals surface area contributed by atoms with E-state index in [1.54, 1.807) is 0 Å². The summed E-state index contributed by atoms with van der Waals surface area (Å²) >= 11 is 0. The van der Waals surface area contributed by atoms with E-state index in [4.69, 9.17) is 17.2 Å². The van der Waals surface area contributed by atoms with Crippen molar-refractivity contribution in [3.63, 3.8) is 0 Å². The molecule has 1 heterocycles. The smallest absolute Gasteiger partial charge is 0.220 e. The molecule has 0 spiro atoms. The van der Waals surface area contributed by atoms with Crippen molar-refractivity contribution in [2.24, 2.45) is 5.73 Å². The fraction of sp³-hybridized carbons (Fsp3) is 0.269. The van der Waals surface area contributed by atoms with Crippen LogP contribution < -0.4 is 32.4 Å². The van der Waals surface area contributed by atoms with Crippen molar-refractivity contribution in [1.29, 1.82) is 0 Å². The number of anilines is 2. The first-order chi connectivity index (χ1) is 15.7. The van der Waals surface area contributed by atoms with Crippen molar-refractivity contribution in [1.82, 2.24) is 10.6 Å². The molecule has 0 aliphatic rings. The van der Waals surface area contributed by atoms with Gasteiger partial charge in [0.2, 0.25) is 11.2 Å². The maximum absolute atomic E-state index is 6.23. The molecular formula is C26H34ClN6+. The molecule has 33 heavy (non-hydrogen) atoms. The van der Waals surface area contributed by atoms with Crippen molar-refractivity contribution in [2.45, 2.75) is 13.0 Å². The van der Waals surface area contributed by atoms with Gasteiger partial charge in [-0.2, -0.15) is 4.57 Å². The summed E-state index contributed by atoms with van der Waals surface area (Å²) < 4.78 is 2.40. The monoisotopic (exact) mass is 465 g/mol.